The number of pyridine rings is 1. The summed E-state index contributed by atoms with van der Waals surface area (Å²) in [6.45, 7) is 12.8. The third kappa shape index (κ3) is 5.04. The number of rotatable bonds is 2. The van der Waals surface area contributed by atoms with Gasteiger partial charge in [0.2, 0.25) is 6.20 Å². The van der Waals surface area contributed by atoms with Crippen LogP contribution < -0.4 is 15.1 Å². The molecule has 0 amide bonds. The van der Waals surface area contributed by atoms with E-state index in [0.717, 1.165) is 63.9 Å². The van der Waals surface area contributed by atoms with Gasteiger partial charge in [-0.1, -0.05) is 27.7 Å². The number of nitriles is 1. The fourth-order valence-electron chi connectivity index (χ4n) is 5.03. The Morgan fingerprint density at radius 1 is 0.973 bits per heavy atom. The molecule has 2 aromatic heterocycles. The molecule has 4 aromatic rings. The average Bonchev–Trinajstić information content (AvgIpc) is 3.26. The molecule has 0 fully saturated rings. The zero-order chi connectivity index (χ0) is 27.4. The van der Waals surface area contributed by atoms with Gasteiger partial charge in [-0.25, -0.2) is 0 Å². The van der Waals surface area contributed by atoms with E-state index in [-0.39, 0.29) is 5.56 Å². The summed E-state index contributed by atoms with van der Waals surface area (Å²) in [5, 5.41) is 11.1. The van der Waals surface area contributed by atoms with E-state index in [4.69, 9.17) is 0 Å². The Kier molecular flexibility index (Phi) is 8.60. The topological polar surface area (TPSA) is 57.8 Å². The third-order valence-electron chi connectivity index (χ3n) is 6.85. The molecular weight excluding hydrogens is 458 g/mol. The molecular formula is C31H40N5O+. The number of fused-ring (bicyclic) bond motifs is 2. The lowest BCUT2D eigenvalue weighted by atomic mass is 9.92. The Morgan fingerprint density at radius 2 is 1.68 bits per heavy atom. The first-order valence-electron chi connectivity index (χ1n) is 13.3. The quantitative estimate of drug-likeness (QED) is 0.319. The van der Waals surface area contributed by atoms with E-state index in [9.17, 15) is 10.1 Å². The van der Waals surface area contributed by atoms with Crippen LogP contribution in [0.1, 0.15) is 56.4 Å². The molecule has 0 bridgehead atoms. The number of aromatic nitrogens is 3. The van der Waals surface area contributed by atoms with Crippen molar-refractivity contribution in [2.45, 2.75) is 54.4 Å². The maximum absolute atomic E-state index is 12.6. The van der Waals surface area contributed by atoms with E-state index < -0.39 is 0 Å². The molecule has 6 heteroatoms. The second-order valence-electron chi connectivity index (χ2n) is 9.16. The van der Waals surface area contributed by atoms with Crippen LogP contribution in [-0.4, -0.2) is 15.8 Å². The van der Waals surface area contributed by atoms with Crippen LogP contribution in [-0.2, 0) is 27.6 Å². The van der Waals surface area contributed by atoms with Crippen molar-refractivity contribution in [2.75, 3.05) is 11.4 Å². The van der Waals surface area contributed by atoms with Gasteiger partial charge in [0.05, 0.1) is 41.6 Å². The predicted octanol–water partition coefficient (Wildman–Crippen LogP) is 5.99. The molecule has 0 spiro atoms. The molecule has 1 aliphatic heterocycles. The van der Waals surface area contributed by atoms with Crippen LogP contribution in [0.5, 0.6) is 0 Å². The van der Waals surface area contributed by atoms with Gasteiger partial charge in [-0.3, -0.25) is 4.79 Å². The lowest BCUT2D eigenvalue weighted by molar-refractivity contribution is -0.751. The van der Waals surface area contributed by atoms with E-state index in [0.29, 0.717) is 5.56 Å². The summed E-state index contributed by atoms with van der Waals surface area (Å²) in [5.41, 5.74) is 8.92. The highest BCUT2D eigenvalue weighted by molar-refractivity contribution is 5.96. The number of anilines is 2. The van der Waals surface area contributed by atoms with E-state index in [1.165, 1.54) is 5.56 Å². The number of hydrogen-bond donors (Lipinski definition) is 0. The average molecular weight is 499 g/mol. The van der Waals surface area contributed by atoms with Crippen molar-refractivity contribution in [3.63, 3.8) is 0 Å². The second-order valence-corrected chi connectivity index (χ2v) is 9.16. The molecule has 5 rings (SSSR count). The molecule has 1 aliphatic rings. The Labute approximate surface area is 221 Å². The molecule has 2 aromatic carbocycles. The van der Waals surface area contributed by atoms with Crippen LogP contribution in [0.4, 0.5) is 11.4 Å². The number of hydrogen-bond acceptors (Lipinski definition) is 3. The summed E-state index contributed by atoms with van der Waals surface area (Å²) >= 11 is 0. The van der Waals surface area contributed by atoms with E-state index in [2.05, 4.69) is 48.5 Å². The SMILES string of the molecule is CC.CC.Cc1cc(N2CCCc3cc(-c4cn(C)[n+](C)c4)c(C#N)cc32)c2cc(C)c(=O)n(C)c2c1. The van der Waals surface area contributed by atoms with Crippen molar-refractivity contribution in [1.82, 2.24) is 9.25 Å². The van der Waals surface area contributed by atoms with Gasteiger partial charge in [-0.15, -0.1) is 4.68 Å². The maximum atomic E-state index is 12.6. The molecule has 0 radical (unpaired) electrons. The molecule has 0 aliphatic carbocycles. The smallest absolute Gasteiger partial charge is 0.253 e. The minimum Gasteiger partial charge on any atom is -0.341 e. The van der Waals surface area contributed by atoms with E-state index in [1.807, 2.05) is 77.3 Å². The van der Waals surface area contributed by atoms with Crippen molar-refractivity contribution in [3.8, 4) is 17.2 Å². The van der Waals surface area contributed by atoms with Gasteiger partial charge in [0.25, 0.3) is 5.56 Å². The van der Waals surface area contributed by atoms with Gasteiger partial charge >= 0.3 is 0 Å². The lowest BCUT2D eigenvalue weighted by Crippen LogP contribution is -2.35. The predicted molar refractivity (Wildman–Crippen MR) is 153 cm³/mol. The van der Waals surface area contributed by atoms with Gasteiger partial charge in [0.1, 0.15) is 0 Å². The van der Waals surface area contributed by atoms with Gasteiger partial charge < -0.3 is 9.47 Å². The summed E-state index contributed by atoms with van der Waals surface area (Å²) < 4.78 is 5.76. The molecule has 194 valence electrons. The van der Waals surface area contributed by atoms with Crippen molar-refractivity contribution in [1.29, 1.82) is 5.26 Å². The molecule has 0 N–H and O–H groups in total. The van der Waals surface area contributed by atoms with Gasteiger partial charge in [0, 0.05) is 35.8 Å². The summed E-state index contributed by atoms with van der Waals surface area (Å²) in [7, 11) is 5.83. The highest BCUT2D eigenvalue weighted by Gasteiger charge is 2.24. The van der Waals surface area contributed by atoms with Crippen molar-refractivity contribution in [2.24, 2.45) is 21.1 Å². The molecule has 37 heavy (non-hydrogen) atoms. The maximum Gasteiger partial charge on any atom is 0.253 e. The Hall–Kier alpha value is -3.85. The molecule has 0 saturated heterocycles. The third-order valence-corrected chi connectivity index (χ3v) is 6.85. The van der Waals surface area contributed by atoms with Crippen molar-refractivity contribution >= 4 is 22.3 Å². The first-order chi connectivity index (χ1) is 17.8. The molecule has 6 nitrogen and oxygen atoms in total. The zero-order valence-electron chi connectivity index (χ0n) is 23.8. The monoisotopic (exact) mass is 498 g/mol. The Morgan fingerprint density at radius 3 is 2.30 bits per heavy atom. The summed E-state index contributed by atoms with van der Waals surface area (Å²) in [6.07, 6.45) is 6.12. The summed E-state index contributed by atoms with van der Waals surface area (Å²) in [4.78, 5) is 14.9. The first-order valence-corrected chi connectivity index (χ1v) is 13.3. The van der Waals surface area contributed by atoms with Crippen LogP contribution >= 0.6 is 0 Å². The lowest BCUT2D eigenvalue weighted by Gasteiger charge is -2.33. The fraction of sp³-hybridized carbons (Fsp3) is 0.387. The molecule has 3 heterocycles. The van der Waals surface area contributed by atoms with Crippen LogP contribution in [0, 0.1) is 25.2 Å². The molecule has 0 unspecified atom stereocenters. The Balaban J connectivity index is 0.000000907. The molecule has 0 atom stereocenters. The van der Waals surface area contributed by atoms with Gasteiger partial charge in [-0.2, -0.15) is 9.94 Å². The number of aryl methyl sites for hydroxylation is 6. The van der Waals surface area contributed by atoms with Crippen LogP contribution in [0.25, 0.3) is 22.0 Å². The van der Waals surface area contributed by atoms with E-state index in [1.54, 1.807) is 4.57 Å². The number of nitrogens with zero attached hydrogens (tertiary/aromatic N) is 5. The minimum atomic E-state index is 0.0329. The Bertz CT molecular complexity index is 1510. The fourth-order valence-corrected chi connectivity index (χ4v) is 5.03. The normalized spacial score (nSPS) is 12.2. The highest BCUT2D eigenvalue weighted by Crippen LogP contribution is 2.40. The summed E-state index contributed by atoms with van der Waals surface area (Å²) in [6, 6.07) is 12.9. The molecule has 0 saturated carbocycles. The van der Waals surface area contributed by atoms with Crippen LogP contribution in [0.3, 0.4) is 0 Å². The standard InChI is InChI=1S/C27H28N5O.2C2H6/c1-17-9-25-23(11-18(2)27(33)31(25)5)26(10-17)32-8-6-7-19-12-22(20(14-28)13-24(19)32)21-15-29(3)30(4)16-21;2*1-2/h9-13,15-16H,6-8H2,1-5H3;2*1-2H3/q+1;;. The van der Waals surface area contributed by atoms with Crippen molar-refractivity contribution < 1.29 is 4.68 Å². The first kappa shape index (κ1) is 27.7. The second kappa shape index (κ2) is 11.5. The van der Waals surface area contributed by atoms with E-state index >= 15 is 0 Å². The largest absolute Gasteiger partial charge is 0.341 e. The zero-order valence-corrected chi connectivity index (χ0v) is 23.8. The van der Waals surface area contributed by atoms with Crippen LogP contribution in [0.15, 0.2) is 47.5 Å². The number of benzene rings is 2. The minimum absolute atomic E-state index is 0.0329. The van der Waals surface area contributed by atoms with Gasteiger partial charge in [0.15, 0.2) is 7.05 Å². The summed E-state index contributed by atoms with van der Waals surface area (Å²) in [5.74, 6) is 0. The van der Waals surface area contributed by atoms with Crippen molar-refractivity contribution in [3.05, 3.63) is 75.3 Å². The van der Waals surface area contributed by atoms with Crippen LogP contribution in [0.2, 0.25) is 0 Å². The highest BCUT2D eigenvalue weighted by atomic mass is 16.1. The van der Waals surface area contributed by atoms with Gasteiger partial charge in [-0.05, 0) is 68.1 Å².